The lowest BCUT2D eigenvalue weighted by Gasteiger charge is -2.34. The van der Waals surface area contributed by atoms with Gasteiger partial charge in [0.05, 0.1) is 5.69 Å². The number of aromatic nitrogens is 1. The molecular formula is C16H24BrN3. The fourth-order valence-electron chi connectivity index (χ4n) is 3.38. The molecule has 2 aliphatic heterocycles. The average Bonchev–Trinajstić information content (AvgIpc) is 2.96. The maximum absolute atomic E-state index is 4.69. The summed E-state index contributed by atoms with van der Waals surface area (Å²) in [6.45, 7) is 8.36. The number of anilines is 1. The predicted molar refractivity (Wildman–Crippen MR) is 87.3 cm³/mol. The molecular weight excluding hydrogens is 314 g/mol. The van der Waals surface area contributed by atoms with E-state index in [0.29, 0.717) is 0 Å². The molecule has 110 valence electrons. The van der Waals surface area contributed by atoms with Crippen molar-refractivity contribution in [1.29, 1.82) is 0 Å². The molecule has 0 atom stereocenters. The summed E-state index contributed by atoms with van der Waals surface area (Å²) in [5, 5.41) is 0. The Balaban J connectivity index is 1.53. The van der Waals surface area contributed by atoms with Crippen molar-refractivity contribution in [1.82, 2.24) is 9.88 Å². The molecule has 2 aliphatic rings. The van der Waals surface area contributed by atoms with E-state index in [4.69, 9.17) is 4.98 Å². The molecule has 3 heterocycles. The highest BCUT2D eigenvalue weighted by Gasteiger charge is 2.23. The summed E-state index contributed by atoms with van der Waals surface area (Å²) in [5.41, 5.74) is 1.08. The molecule has 0 spiro atoms. The molecule has 0 amide bonds. The third kappa shape index (κ3) is 3.34. The van der Waals surface area contributed by atoms with Gasteiger partial charge in [-0.15, -0.1) is 0 Å². The first-order chi connectivity index (χ1) is 9.72. The fourth-order valence-corrected chi connectivity index (χ4v) is 3.60. The van der Waals surface area contributed by atoms with E-state index in [1.165, 1.54) is 45.3 Å². The van der Waals surface area contributed by atoms with Gasteiger partial charge < -0.3 is 9.80 Å². The van der Waals surface area contributed by atoms with Gasteiger partial charge in [0.15, 0.2) is 0 Å². The lowest BCUT2D eigenvalue weighted by atomic mass is 9.96. The monoisotopic (exact) mass is 337 g/mol. The van der Waals surface area contributed by atoms with Crippen LogP contribution in [-0.4, -0.2) is 42.6 Å². The number of piperidine rings is 1. The minimum absolute atomic E-state index is 0.890. The quantitative estimate of drug-likeness (QED) is 0.841. The molecule has 0 aromatic carbocycles. The van der Waals surface area contributed by atoms with Gasteiger partial charge in [0, 0.05) is 24.1 Å². The number of rotatable bonds is 3. The van der Waals surface area contributed by atoms with E-state index in [1.54, 1.807) is 0 Å². The second kappa shape index (κ2) is 6.44. The van der Waals surface area contributed by atoms with Gasteiger partial charge in [0.25, 0.3) is 0 Å². The van der Waals surface area contributed by atoms with Gasteiger partial charge in [-0.2, -0.15) is 0 Å². The molecule has 1 aromatic heterocycles. The van der Waals surface area contributed by atoms with Crippen molar-refractivity contribution in [3.05, 3.63) is 22.3 Å². The summed E-state index contributed by atoms with van der Waals surface area (Å²) < 4.78 is 1.10. The molecule has 0 radical (unpaired) electrons. The zero-order chi connectivity index (χ0) is 13.9. The second-order valence-corrected chi connectivity index (χ2v) is 7.03. The Kier molecular flexibility index (Phi) is 4.61. The van der Waals surface area contributed by atoms with Crippen LogP contribution in [0.25, 0.3) is 0 Å². The number of likely N-dealkylation sites (tertiary alicyclic amines) is 1. The lowest BCUT2D eigenvalue weighted by molar-refractivity contribution is 0.249. The van der Waals surface area contributed by atoms with Gasteiger partial charge >= 0.3 is 0 Å². The third-order valence-electron chi connectivity index (χ3n) is 4.66. The number of hydrogen-bond acceptors (Lipinski definition) is 3. The first-order valence-electron chi connectivity index (χ1n) is 7.83. The van der Waals surface area contributed by atoms with Crippen LogP contribution < -0.4 is 4.90 Å². The van der Waals surface area contributed by atoms with Crippen LogP contribution in [0.15, 0.2) is 16.6 Å². The van der Waals surface area contributed by atoms with E-state index in [1.807, 2.05) is 0 Å². The SMILES string of the molecule is Cc1nc(N2CCC(CN3CCCC3)CC2)ccc1Br. The minimum Gasteiger partial charge on any atom is -0.357 e. The lowest BCUT2D eigenvalue weighted by Crippen LogP contribution is -2.38. The summed E-state index contributed by atoms with van der Waals surface area (Å²) in [4.78, 5) is 9.79. The van der Waals surface area contributed by atoms with Crippen molar-refractivity contribution in [2.45, 2.75) is 32.6 Å². The second-order valence-electron chi connectivity index (χ2n) is 6.17. The molecule has 2 fully saturated rings. The molecule has 3 nitrogen and oxygen atoms in total. The molecule has 4 heteroatoms. The van der Waals surface area contributed by atoms with Gasteiger partial charge in [-0.1, -0.05) is 0 Å². The van der Waals surface area contributed by atoms with Crippen molar-refractivity contribution in [3.63, 3.8) is 0 Å². The molecule has 0 aliphatic carbocycles. The smallest absolute Gasteiger partial charge is 0.128 e. The van der Waals surface area contributed by atoms with Crippen LogP contribution in [0.2, 0.25) is 0 Å². The molecule has 1 aromatic rings. The predicted octanol–water partition coefficient (Wildman–Crippen LogP) is 3.46. The van der Waals surface area contributed by atoms with Crippen molar-refractivity contribution in [2.24, 2.45) is 5.92 Å². The van der Waals surface area contributed by atoms with Crippen molar-refractivity contribution in [2.75, 3.05) is 37.6 Å². The standard InChI is InChI=1S/C16H24BrN3/c1-13-15(17)4-5-16(18-13)20-10-6-14(7-11-20)12-19-8-2-3-9-19/h4-5,14H,2-3,6-12H2,1H3. The zero-order valence-electron chi connectivity index (χ0n) is 12.3. The Bertz CT molecular complexity index is 449. The summed E-state index contributed by atoms with van der Waals surface area (Å²) in [5.74, 6) is 2.03. The molecule has 2 saturated heterocycles. The van der Waals surface area contributed by atoms with E-state index in [2.05, 4.69) is 44.8 Å². The first-order valence-corrected chi connectivity index (χ1v) is 8.62. The van der Waals surface area contributed by atoms with Crippen molar-refractivity contribution < 1.29 is 0 Å². The maximum atomic E-state index is 4.69. The molecule has 0 N–H and O–H groups in total. The van der Waals surface area contributed by atoms with Gasteiger partial charge in [-0.05, 0) is 79.7 Å². The number of hydrogen-bond donors (Lipinski definition) is 0. The van der Waals surface area contributed by atoms with Crippen LogP contribution in [-0.2, 0) is 0 Å². The largest absolute Gasteiger partial charge is 0.357 e. The topological polar surface area (TPSA) is 19.4 Å². The van der Waals surface area contributed by atoms with Crippen LogP contribution in [0.5, 0.6) is 0 Å². The number of nitrogens with zero attached hydrogens (tertiary/aromatic N) is 3. The summed E-state index contributed by atoms with van der Waals surface area (Å²) >= 11 is 3.53. The zero-order valence-corrected chi connectivity index (χ0v) is 13.9. The Morgan fingerprint density at radius 1 is 1.15 bits per heavy atom. The van der Waals surface area contributed by atoms with E-state index >= 15 is 0 Å². The fraction of sp³-hybridized carbons (Fsp3) is 0.688. The number of halogens is 1. The van der Waals surface area contributed by atoms with Gasteiger partial charge in [-0.25, -0.2) is 4.98 Å². The van der Waals surface area contributed by atoms with Crippen LogP contribution in [0.4, 0.5) is 5.82 Å². The third-order valence-corrected chi connectivity index (χ3v) is 5.50. The van der Waals surface area contributed by atoms with E-state index in [0.717, 1.165) is 35.0 Å². The van der Waals surface area contributed by atoms with E-state index in [9.17, 15) is 0 Å². The number of aryl methyl sites for hydroxylation is 1. The molecule has 0 bridgehead atoms. The van der Waals surface area contributed by atoms with Gasteiger partial charge in [0.1, 0.15) is 5.82 Å². The first kappa shape index (κ1) is 14.3. The molecule has 20 heavy (non-hydrogen) atoms. The molecule has 3 rings (SSSR count). The highest BCUT2D eigenvalue weighted by molar-refractivity contribution is 9.10. The van der Waals surface area contributed by atoms with E-state index in [-0.39, 0.29) is 0 Å². The van der Waals surface area contributed by atoms with Crippen LogP contribution in [0.3, 0.4) is 0 Å². The maximum Gasteiger partial charge on any atom is 0.128 e. The van der Waals surface area contributed by atoms with Crippen molar-refractivity contribution >= 4 is 21.7 Å². The summed E-state index contributed by atoms with van der Waals surface area (Å²) in [6, 6.07) is 4.26. The highest BCUT2D eigenvalue weighted by atomic mass is 79.9. The van der Waals surface area contributed by atoms with E-state index < -0.39 is 0 Å². The Labute approximate surface area is 130 Å². The van der Waals surface area contributed by atoms with Crippen LogP contribution in [0.1, 0.15) is 31.4 Å². The van der Waals surface area contributed by atoms with Crippen molar-refractivity contribution in [3.8, 4) is 0 Å². The molecule has 0 saturated carbocycles. The number of pyridine rings is 1. The Hall–Kier alpha value is -0.610. The van der Waals surface area contributed by atoms with Gasteiger partial charge in [0.2, 0.25) is 0 Å². The summed E-state index contributed by atoms with van der Waals surface area (Å²) in [7, 11) is 0. The summed E-state index contributed by atoms with van der Waals surface area (Å²) in [6.07, 6.45) is 5.43. The normalized spacial score (nSPS) is 21.6. The van der Waals surface area contributed by atoms with Gasteiger partial charge in [-0.3, -0.25) is 0 Å². The Morgan fingerprint density at radius 3 is 2.50 bits per heavy atom. The van der Waals surface area contributed by atoms with Crippen LogP contribution >= 0.6 is 15.9 Å². The average molecular weight is 338 g/mol. The molecule has 0 unspecified atom stereocenters. The minimum atomic E-state index is 0.890. The highest BCUT2D eigenvalue weighted by Crippen LogP contribution is 2.25. The Morgan fingerprint density at radius 2 is 1.85 bits per heavy atom. The van der Waals surface area contributed by atoms with Crippen LogP contribution in [0, 0.1) is 12.8 Å².